The number of halogens is 2. The van der Waals surface area contributed by atoms with Crippen LogP contribution in [-0.2, 0) is 9.59 Å². The number of imide groups is 1. The van der Waals surface area contributed by atoms with Gasteiger partial charge in [-0.25, -0.2) is 8.78 Å². The minimum absolute atomic E-state index is 0.0140. The molecule has 0 aromatic heterocycles. The Hall–Kier alpha value is -2.18. The van der Waals surface area contributed by atoms with Gasteiger partial charge < -0.3 is 10.6 Å². The zero-order valence-electron chi connectivity index (χ0n) is 10.2. The Labute approximate surface area is 108 Å². The molecule has 0 radical (unpaired) electrons. The zero-order valence-corrected chi connectivity index (χ0v) is 10.2. The fourth-order valence-corrected chi connectivity index (χ4v) is 2.15. The lowest BCUT2D eigenvalue weighted by Crippen LogP contribution is -2.58. The maximum absolute atomic E-state index is 13.9. The van der Waals surface area contributed by atoms with Gasteiger partial charge in [-0.3, -0.25) is 14.9 Å². The number of carbonyl (C=O) groups is 2. The summed E-state index contributed by atoms with van der Waals surface area (Å²) in [6, 6.07) is 1.36. The maximum Gasteiger partial charge on any atom is 0.249 e. The summed E-state index contributed by atoms with van der Waals surface area (Å²) in [5, 5.41) is 2.16. The molecule has 1 saturated heterocycles. The summed E-state index contributed by atoms with van der Waals surface area (Å²) in [6.07, 6.45) is 0.342. The molecule has 0 aliphatic carbocycles. The number of nitrogens with two attached hydrogens (primary N) is 1. The molecule has 1 unspecified atom stereocenters. The van der Waals surface area contributed by atoms with Gasteiger partial charge in [0.25, 0.3) is 0 Å². The summed E-state index contributed by atoms with van der Waals surface area (Å²) in [4.78, 5) is 24.3. The monoisotopic (exact) mass is 269 g/mol. The van der Waals surface area contributed by atoms with E-state index in [1.165, 1.54) is 11.0 Å². The molecule has 1 aliphatic rings. The third-order valence-corrected chi connectivity index (χ3v) is 3.03. The first-order valence-corrected chi connectivity index (χ1v) is 5.79. The number of piperazine rings is 1. The van der Waals surface area contributed by atoms with Gasteiger partial charge in [-0.15, -0.1) is 0 Å². The molecule has 1 atom stereocenters. The summed E-state index contributed by atoms with van der Waals surface area (Å²) < 4.78 is 27.2. The zero-order chi connectivity index (χ0) is 14.2. The van der Waals surface area contributed by atoms with E-state index < -0.39 is 29.5 Å². The molecular weight excluding hydrogens is 256 g/mol. The number of nitrogen functional groups attached to an aromatic ring is 1. The minimum Gasteiger partial charge on any atom is -0.397 e. The van der Waals surface area contributed by atoms with Crippen LogP contribution in [-0.4, -0.2) is 24.4 Å². The molecule has 0 bridgehead atoms. The molecule has 2 amide bonds. The van der Waals surface area contributed by atoms with Crippen LogP contribution in [0.1, 0.15) is 13.3 Å². The average molecular weight is 269 g/mol. The summed E-state index contributed by atoms with van der Waals surface area (Å²) in [7, 11) is 0. The van der Waals surface area contributed by atoms with Gasteiger partial charge in [0, 0.05) is 0 Å². The lowest BCUT2D eigenvalue weighted by Gasteiger charge is -2.35. The van der Waals surface area contributed by atoms with E-state index in [2.05, 4.69) is 5.32 Å². The number of nitrogens with one attached hydrogen (secondary N) is 1. The number of benzene rings is 1. The van der Waals surface area contributed by atoms with Gasteiger partial charge >= 0.3 is 0 Å². The van der Waals surface area contributed by atoms with Gasteiger partial charge in [-0.1, -0.05) is 6.92 Å². The summed E-state index contributed by atoms with van der Waals surface area (Å²) in [5.74, 6) is -3.34. The Morgan fingerprint density at radius 3 is 2.74 bits per heavy atom. The van der Waals surface area contributed by atoms with Crippen molar-refractivity contribution in [3.05, 3.63) is 23.8 Å². The number of hydrogen-bond donors (Lipinski definition) is 2. The van der Waals surface area contributed by atoms with E-state index in [-0.39, 0.29) is 17.9 Å². The Bertz CT molecular complexity index is 548. The molecular formula is C12H13F2N3O2. The van der Waals surface area contributed by atoms with E-state index in [1.807, 2.05) is 0 Å². The molecule has 0 spiro atoms. The van der Waals surface area contributed by atoms with Crippen molar-refractivity contribution in [1.82, 2.24) is 5.32 Å². The van der Waals surface area contributed by atoms with E-state index in [0.717, 1.165) is 6.07 Å². The fraction of sp³-hybridized carbons (Fsp3) is 0.333. The van der Waals surface area contributed by atoms with Crippen LogP contribution in [0, 0.1) is 11.6 Å². The normalized spacial score (nSPS) is 19.5. The second-order valence-corrected chi connectivity index (χ2v) is 4.26. The predicted molar refractivity (Wildman–Crippen MR) is 65.3 cm³/mol. The Morgan fingerprint density at radius 1 is 1.42 bits per heavy atom. The molecule has 1 fully saturated rings. The quantitative estimate of drug-likeness (QED) is 0.615. The van der Waals surface area contributed by atoms with Crippen molar-refractivity contribution in [2.24, 2.45) is 0 Å². The molecule has 5 nitrogen and oxygen atoms in total. The van der Waals surface area contributed by atoms with E-state index in [9.17, 15) is 18.4 Å². The third-order valence-electron chi connectivity index (χ3n) is 3.03. The molecule has 3 N–H and O–H groups in total. The SMILES string of the molecule is CCC1C(=O)NC(=O)CN1c1c(N)ccc(F)c1F. The van der Waals surface area contributed by atoms with Crippen molar-refractivity contribution in [3.8, 4) is 0 Å². The summed E-state index contributed by atoms with van der Waals surface area (Å²) >= 11 is 0. The fourth-order valence-electron chi connectivity index (χ4n) is 2.15. The second kappa shape index (κ2) is 4.83. The number of amides is 2. The number of nitrogens with zero attached hydrogens (tertiary/aromatic N) is 1. The highest BCUT2D eigenvalue weighted by Crippen LogP contribution is 2.31. The lowest BCUT2D eigenvalue weighted by atomic mass is 10.1. The topological polar surface area (TPSA) is 75.4 Å². The van der Waals surface area contributed by atoms with Gasteiger partial charge in [-0.05, 0) is 18.6 Å². The van der Waals surface area contributed by atoms with Crippen LogP contribution in [0.3, 0.4) is 0 Å². The second-order valence-electron chi connectivity index (χ2n) is 4.26. The first kappa shape index (κ1) is 13.3. The average Bonchev–Trinajstić information content (AvgIpc) is 2.34. The number of hydrogen-bond acceptors (Lipinski definition) is 4. The van der Waals surface area contributed by atoms with Crippen molar-refractivity contribution in [2.45, 2.75) is 19.4 Å². The highest BCUT2D eigenvalue weighted by molar-refractivity contribution is 6.05. The molecule has 1 aliphatic heterocycles. The molecule has 1 aromatic rings. The van der Waals surface area contributed by atoms with Crippen LogP contribution in [0.5, 0.6) is 0 Å². The minimum atomic E-state index is -1.15. The number of carbonyl (C=O) groups excluding carboxylic acids is 2. The molecule has 19 heavy (non-hydrogen) atoms. The first-order chi connectivity index (χ1) is 8.95. The van der Waals surface area contributed by atoms with Crippen LogP contribution in [0.2, 0.25) is 0 Å². The highest BCUT2D eigenvalue weighted by atomic mass is 19.2. The van der Waals surface area contributed by atoms with Crippen LogP contribution >= 0.6 is 0 Å². The van der Waals surface area contributed by atoms with Crippen LogP contribution in [0.25, 0.3) is 0 Å². The summed E-state index contributed by atoms with van der Waals surface area (Å²) in [6.45, 7) is 1.47. The van der Waals surface area contributed by atoms with Crippen LogP contribution in [0.4, 0.5) is 20.2 Å². The maximum atomic E-state index is 13.9. The first-order valence-electron chi connectivity index (χ1n) is 5.79. The highest BCUT2D eigenvalue weighted by Gasteiger charge is 2.35. The standard InChI is InChI=1S/C12H13F2N3O2/c1-2-8-12(19)16-9(18)5-17(8)11-7(15)4-3-6(13)10(11)14/h3-4,8H,2,5,15H2,1H3,(H,16,18,19). The molecule has 1 heterocycles. The Kier molecular flexibility index (Phi) is 3.37. The molecule has 102 valence electrons. The van der Waals surface area contributed by atoms with Gasteiger partial charge in [0.05, 0.1) is 12.2 Å². The van der Waals surface area contributed by atoms with Crippen molar-refractivity contribution in [1.29, 1.82) is 0 Å². The van der Waals surface area contributed by atoms with Crippen molar-refractivity contribution < 1.29 is 18.4 Å². The summed E-state index contributed by atoms with van der Waals surface area (Å²) in [5.41, 5.74) is 5.38. The van der Waals surface area contributed by atoms with Crippen LogP contribution < -0.4 is 16.0 Å². The Morgan fingerprint density at radius 2 is 2.11 bits per heavy atom. The van der Waals surface area contributed by atoms with E-state index in [0.29, 0.717) is 6.42 Å². The molecule has 2 rings (SSSR count). The van der Waals surface area contributed by atoms with E-state index in [4.69, 9.17) is 5.73 Å². The van der Waals surface area contributed by atoms with Crippen molar-refractivity contribution in [2.75, 3.05) is 17.2 Å². The Balaban J connectivity index is 2.52. The lowest BCUT2D eigenvalue weighted by molar-refractivity contribution is -0.132. The van der Waals surface area contributed by atoms with Crippen LogP contribution in [0.15, 0.2) is 12.1 Å². The number of anilines is 2. The van der Waals surface area contributed by atoms with E-state index in [1.54, 1.807) is 6.92 Å². The van der Waals surface area contributed by atoms with Crippen molar-refractivity contribution in [3.63, 3.8) is 0 Å². The van der Waals surface area contributed by atoms with Gasteiger partial charge in [0.2, 0.25) is 11.8 Å². The largest absolute Gasteiger partial charge is 0.397 e. The van der Waals surface area contributed by atoms with Gasteiger partial charge in [0.1, 0.15) is 11.7 Å². The molecule has 0 saturated carbocycles. The predicted octanol–water partition coefficient (Wildman–Crippen LogP) is 0.788. The van der Waals surface area contributed by atoms with Crippen molar-refractivity contribution >= 4 is 23.2 Å². The smallest absolute Gasteiger partial charge is 0.249 e. The third kappa shape index (κ3) is 2.23. The van der Waals surface area contributed by atoms with E-state index >= 15 is 0 Å². The van der Waals surface area contributed by atoms with Gasteiger partial charge in [-0.2, -0.15) is 0 Å². The number of rotatable bonds is 2. The molecule has 1 aromatic carbocycles. The van der Waals surface area contributed by atoms with Gasteiger partial charge in [0.15, 0.2) is 11.6 Å². The molecule has 7 heteroatoms.